The van der Waals surface area contributed by atoms with Gasteiger partial charge < -0.3 is 9.79 Å². The first-order valence-corrected chi connectivity index (χ1v) is 12.1. The smallest absolute Gasteiger partial charge is 0.318 e. The Hall–Kier alpha value is 0.260. The zero-order valence-electron chi connectivity index (χ0n) is 16.9. The molecular weight excluding hydrogens is 364 g/mol. The van der Waals surface area contributed by atoms with Crippen LogP contribution in [0, 0.1) is 17.8 Å². The fourth-order valence-corrected chi connectivity index (χ4v) is 5.99. The van der Waals surface area contributed by atoms with Gasteiger partial charge in [0.15, 0.2) is 0 Å². The van der Waals surface area contributed by atoms with Gasteiger partial charge in [0.25, 0.3) is 0 Å². The van der Waals surface area contributed by atoms with Crippen LogP contribution < -0.4 is 0 Å². The van der Waals surface area contributed by atoms with Crippen molar-refractivity contribution in [2.24, 2.45) is 22.3 Å². The molecule has 0 saturated heterocycles. The lowest BCUT2D eigenvalue weighted by atomic mass is 9.85. The van der Waals surface area contributed by atoms with Crippen LogP contribution in [0.5, 0.6) is 0 Å². The van der Waals surface area contributed by atoms with E-state index in [1.165, 1.54) is 0 Å². The normalized spacial score (nSPS) is 14.0. The molecule has 7 nitrogen and oxygen atoms in total. The molecule has 0 atom stereocenters. The Balaban J connectivity index is 5.64. The second kappa shape index (κ2) is 10.6. The first kappa shape index (κ1) is 25.3. The highest BCUT2D eigenvalue weighted by Gasteiger charge is 2.39. The predicted molar refractivity (Wildman–Crippen MR) is 102 cm³/mol. The van der Waals surface area contributed by atoms with Crippen molar-refractivity contribution < 1.29 is 27.9 Å². The largest absolute Gasteiger partial charge is 0.458 e. The Morgan fingerprint density at radius 3 is 1.60 bits per heavy atom. The summed E-state index contributed by atoms with van der Waals surface area (Å²) in [4.78, 5) is 20.7. The summed E-state index contributed by atoms with van der Waals surface area (Å²) in [6.45, 7) is 15.5. The average Bonchev–Trinajstić information content (AvgIpc) is 2.48. The fourth-order valence-electron chi connectivity index (χ4n) is 2.28. The number of hydrogen-bond acceptors (Lipinski definition) is 4. The van der Waals surface area contributed by atoms with Crippen molar-refractivity contribution in [2.75, 3.05) is 13.2 Å². The van der Waals surface area contributed by atoms with E-state index in [1.807, 2.05) is 55.4 Å². The average molecular weight is 401 g/mol. The van der Waals surface area contributed by atoms with Gasteiger partial charge in [0.2, 0.25) is 0 Å². The molecular formula is C16H37NO6P2. The minimum Gasteiger partial charge on any atom is -0.318 e. The summed E-state index contributed by atoms with van der Waals surface area (Å²) in [6, 6.07) is 0. The van der Waals surface area contributed by atoms with Gasteiger partial charge in [0, 0.05) is 0 Å². The molecule has 0 bridgehead atoms. The lowest BCUT2D eigenvalue weighted by molar-refractivity contribution is -0.000723. The van der Waals surface area contributed by atoms with Crippen LogP contribution in [0.2, 0.25) is 0 Å². The van der Waals surface area contributed by atoms with Crippen LogP contribution in [0.25, 0.3) is 0 Å². The molecule has 0 amide bonds. The van der Waals surface area contributed by atoms with Gasteiger partial charge in [-0.1, -0.05) is 55.4 Å². The fraction of sp³-hybridized carbons (Fsp3) is 1.00. The molecule has 0 aromatic heterocycles. The van der Waals surface area contributed by atoms with Crippen molar-refractivity contribution in [1.82, 2.24) is 0 Å². The van der Waals surface area contributed by atoms with Gasteiger partial charge >= 0.3 is 15.5 Å². The number of nitrogens with zero attached hydrogens (tertiary/aromatic N) is 1. The third-order valence-electron chi connectivity index (χ3n) is 3.92. The van der Waals surface area contributed by atoms with Gasteiger partial charge in [0.1, 0.15) is 0 Å². The standard InChI is InChI=1S/C16H37NO6P2/c1-9-16(10-2,15(7)8)23-24(18,19)17-25(20,21-11-13(3)4)22-12-14(5)6/h13-15,18-19H,9-12H2,1-8H3. The first-order chi connectivity index (χ1) is 11.3. The topological polar surface area (TPSA) is 97.6 Å². The van der Waals surface area contributed by atoms with Crippen LogP contribution >= 0.6 is 15.5 Å². The van der Waals surface area contributed by atoms with Crippen LogP contribution in [-0.2, 0) is 18.1 Å². The zero-order chi connectivity index (χ0) is 19.9. The molecule has 0 aromatic rings. The predicted octanol–water partition coefficient (Wildman–Crippen LogP) is 5.60. The second-order valence-electron chi connectivity index (χ2n) is 7.47. The summed E-state index contributed by atoms with van der Waals surface area (Å²) in [5.41, 5.74) is -0.762. The van der Waals surface area contributed by atoms with Gasteiger partial charge in [0.05, 0.1) is 18.8 Å². The monoisotopic (exact) mass is 401 g/mol. The number of rotatable bonds is 12. The Kier molecular flexibility index (Phi) is 10.7. The zero-order valence-corrected chi connectivity index (χ0v) is 18.7. The molecule has 0 rings (SSSR count). The van der Waals surface area contributed by atoms with Crippen molar-refractivity contribution in [1.29, 1.82) is 0 Å². The molecule has 0 radical (unpaired) electrons. The number of hydrogen-bond donors (Lipinski definition) is 2. The van der Waals surface area contributed by atoms with Crippen LogP contribution in [0.4, 0.5) is 0 Å². The van der Waals surface area contributed by atoms with Gasteiger partial charge in [-0.15, -0.1) is 4.52 Å². The van der Waals surface area contributed by atoms with Crippen molar-refractivity contribution in [2.45, 2.75) is 73.8 Å². The minimum absolute atomic E-state index is 0.0314. The maximum atomic E-state index is 12.9. The molecule has 2 N–H and O–H groups in total. The summed E-state index contributed by atoms with van der Waals surface area (Å²) in [6.07, 6.45) is 1.15. The molecule has 0 aliphatic heterocycles. The van der Waals surface area contributed by atoms with Crippen molar-refractivity contribution in [3.05, 3.63) is 0 Å². The third kappa shape index (κ3) is 9.14. The molecule has 0 unspecified atom stereocenters. The van der Waals surface area contributed by atoms with Gasteiger partial charge in [-0.05, 0) is 30.6 Å². The lowest BCUT2D eigenvalue weighted by Gasteiger charge is -2.37. The summed E-state index contributed by atoms with van der Waals surface area (Å²) in [7, 11) is -8.32. The van der Waals surface area contributed by atoms with Crippen molar-refractivity contribution in [3.8, 4) is 0 Å². The van der Waals surface area contributed by atoms with E-state index in [0.717, 1.165) is 0 Å². The Labute approximate surface area is 153 Å². The highest BCUT2D eigenvalue weighted by Crippen LogP contribution is 2.62. The molecule has 25 heavy (non-hydrogen) atoms. The Bertz CT molecular complexity index is 467. The molecule has 152 valence electrons. The van der Waals surface area contributed by atoms with Crippen molar-refractivity contribution >= 4 is 15.5 Å². The molecule has 0 spiro atoms. The van der Waals surface area contributed by atoms with E-state index in [0.29, 0.717) is 12.8 Å². The summed E-state index contributed by atoms with van der Waals surface area (Å²) >= 11 is 0. The van der Waals surface area contributed by atoms with E-state index in [-0.39, 0.29) is 31.0 Å². The SMILES string of the molecule is CCC(CC)(OP(O)(O)=NP(=O)(OCC(C)C)OCC(C)C)C(C)C. The van der Waals surface area contributed by atoms with Gasteiger partial charge in [-0.25, -0.2) is 4.57 Å². The summed E-state index contributed by atoms with van der Waals surface area (Å²) in [5.74, 6) is 0.223. The van der Waals surface area contributed by atoms with Gasteiger partial charge in [-0.2, -0.15) is 0 Å². The third-order valence-corrected chi connectivity index (χ3v) is 7.29. The minimum atomic E-state index is -4.28. The highest BCUT2D eigenvalue weighted by molar-refractivity contribution is 7.62. The summed E-state index contributed by atoms with van der Waals surface area (Å²) in [5, 5.41) is 0. The van der Waals surface area contributed by atoms with Crippen molar-refractivity contribution in [3.63, 3.8) is 0 Å². The van der Waals surface area contributed by atoms with E-state index in [2.05, 4.69) is 4.52 Å². The second-order valence-corrected chi connectivity index (χ2v) is 10.8. The van der Waals surface area contributed by atoms with E-state index in [9.17, 15) is 14.4 Å². The van der Waals surface area contributed by atoms with Gasteiger partial charge in [-0.3, -0.25) is 13.6 Å². The van der Waals surface area contributed by atoms with Crippen LogP contribution in [0.3, 0.4) is 0 Å². The van der Waals surface area contributed by atoms with E-state index in [1.54, 1.807) is 0 Å². The molecule has 0 saturated carbocycles. The molecule has 0 aliphatic rings. The Morgan fingerprint density at radius 1 is 0.920 bits per heavy atom. The highest BCUT2D eigenvalue weighted by atomic mass is 31.2. The first-order valence-electron chi connectivity index (χ1n) is 9.00. The summed E-state index contributed by atoms with van der Waals surface area (Å²) < 4.78 is 32.8. The van der Waals surface area contributed by atoms with Crippen LogP contribution in [0.1, 0.15) is 68.2 Å². The van der Waals surface area contributed by atoms with E-state index >= 15 is 0 Å². The van der Waals surface area contributed by atoms with E-state index in [4.69, 9.17) is 13.6 Å². The Morgan fingerprint density at radius 2 is 1.32 bits per heavy atom. The quantitative estimate of drug-likeness (QED) is 0.413. The lowest BCUT2D eigenvalue weighted by Crippen LogP contribution is -2.36. The van der Waals surface area contributed by atoms with Crippen LogP contribution in [-0.4, -0.2) is 28.6 Å². The molecule has 0 heterocycles. The van der Waals surface area contributed by atoms with Crippen LogP contribution in [0.15, 0.2) is 4.52 Å². The molecule has 9 heteroatoms. The maximum Gasteiger partial charge on any atom is 0.458 e. The molecule has 0 aromatic carbocycles. The van der Waals surface area contributed by atoms with E-state index < -0.39 is 21.1 Å². The molecule has 0 fully saturated rings. The maximum absolute atomic E-state index is 12.9. The molecule has 0 aliphatic carbocycles.